The molecular formula is C30H31FN4O8S. The van der Waals surface area contributed by atoms with E-state index in [2.05, 4.69) is 5.32 Å². The highest BCUT2D eigenvalue weighted by Gasteiger charge is 2.47. The normalized spacial score (nSPS) is 16.4. The molecule has 12 nitrogen and oxygen atoms in total. The molecule has 3 aromatic carbocycles. The number of non-ortho nitro benzene ring substituents is 1. The van der Waals surface area contributed by atoms with Gasteiger partial charge in [0, 0.05) is 30.8 Å². The van der Waals surface area contributed by atoms with E-state index in [1.165, 1.54) is 18.2 Å². The second kappa shape index (κ2) is 12.5. The van der Waals surface area contributed by atoms with Crippen LogP contribution in [0.4, 0.5) is 10.1 Å². The van der Waals surface area contributed by atoms with E-state index in [9.17, 15) is 42.4 Å². The SMILES string of the molecule is CC(C)(C)c1ccc(C(=O)N2CCN(S(=O)(=O)c3ccc(F)cc3)C2C(=O)NC(CC(=O)O)c2cccc([N+](=O)[O-])c2)cc1. The first kappa shape index (κ1) is 32.2. The molecule has 1 fully saturated rings. The van der Waals surface area contributed by atoms with E-state index in [1.807, 2.05) is 20.8 Å². The van der Waals surface area contributed by atoms with Crippen LogP contribution in [0.5, 0.6) is 0 Å². The monoisotopic (exact) mass is 626 g/mol. The number of nitro groups is 1. The Balaban J connectivity index is 1.74. The lowest BCUT2D eigenvalue weighted by Gasteiger charge is -2.30. The minimum absolute atomic E-state index is 0.0940. The topological polar surface area (TPSA) is 167 Å². The molecule has 0 aliphatic carbocycles. The standard InChI is InChI=1S/C30H31FN4O8S/c1-30(2,3)21-9-7-19(8-10-21)29(39)33-15-16-34(44(42,43)24-13-11-22(31)12-14-24)28(33)27(38)32-25(18-26(36)37)20-5-4-6-23(17-20)35(40)41/h4-14,17,25,28H,15-16,18H2,1-3H3,(H,32,38)(H,36,37). The molecule has 0 spiro atoms. The van der Waals surface area contributed by atoms with Gasteiger partial charge in [-0.1, -0.05) is 45.0 Å². The van der Waals surface area contributed by atoms with Gasteiger partial charge in [0.25, 0.3) is 17.5 Å². The van der Waals surface area contributed by atoms with Crippen LogP contribution in [0, 0.1) is 15.9 Å². The molecule has 3 aromatic rings. The third kappa shape index (κ3) is 6.92. The summed E-state index contributed by atoms with van der Waals surface area (Å²) >= 11 is 0. The fraction of sp³-hybridized carbons (Fsp3) is 0.300. The number of halogens is 1. The summed E-state index contributed by atoms with van der Waals surface area (Å²) in [6.07, 6.45) is -2.44. The first-order valence-corrected chi connectivity index (χ1v) is 15.0. The predicted octanol–water partition coefficient (Wildman–Crippen LogP) is 3.84. The number of sulfonamides is 1. The van der Waals surface area contributed by atoms with Crippen molar-refractivity contribution in [3.05, 3.63) is 105 Å². The summed E-state index contributed by atoms with van der Waals surface area (Å²) in [5.74, 6) is -3.68. The van der Waals surface area contributed by atoms with E-state index >= 15 is 0 Å². The van der Waals surface area contributed by atoms with Crippen LogP contribution in [0.3, 0.4) is 0 Å². The number of hydrogen-bond donors (Lipinski definition) is 2. The zero-order valence-electron chi connectivity index (χ0n) is 24.1. The minimum Gasteiger partial charge on any atom is -0.481 e. The number of nitrogens with zero attached hydrogens (tertiary/aromatic N) is 3. The van der Waals surface area contributed by atoms with E-state index in [0.29, 0.717) is 0 Å². The Kier molecular flexibility index (Phi) is 9.16. The molecule has 0 bridgehead atoms. The number of amides is 2. The Morgan fingerprint density at radius 2 is 1.68 bits per heavy atom. The number of carboxylic acid groups (broad SMARTS) is 1. The van der Waals surface area contributed by atoms with Crippen LogP contribution in [0.1, 0.15) is 54.7 Å². The summed E-state index contributed by atoms with van der Waals surface area (Å²) in [5, 5.41) is 23.4. The number of nitro benzene ring substituents is 1. The van der Waals surface area contributed by atoms with Gasteiger partial charge in [-0.05, 0) is 52.9 Å². The largest absolute Gasteiger partial charge is 0.481 e. The molecular weight excluding hydrogens is 595 g/mol. The van der Waals surface area contributed by atoms with Crippen LogP contribution in [0.2, 0.25) is 0 Å². The van der Waals surface area contributed by atoms with E-state index in [4.69, 9.17) is 0 Å². The molecule has 1 saturated heterocycles. The van der Waals surface area contributed by atoms with E-state index in [1.54, 1.807) is 24.3 Å². The van der Waals surface area contributed by atoms with Crippen molar-refractivity contribution in [2.45, 2.75) is 49.7 Å². The van der Waals surface area contributed by atoms with Crippen molar-refractivity contribution >= 4 is 33.5 Å². The van der Waals surface area contributed by atoms with E-state index in [0.717, 1.165) is 45.1 Å². The molecule has 1 heterocycles. The second-order valence-electron chi connectivity index (χ2n) is 11.3. The summed E-state index contributed by atoms with van der Waals surface area (Å²) in [6.45, 7) is 5.52. The van der Waals surface area contributed by atoms with Crippen LogP contribution in [-0.4, -0.2) is 64.7 Å². The maximum Gasteiger partial charge on any atom is 0.305 e. The number of carbonyl (C=O) groups is 3. The fourth-order valence-electron chi connectivity index (χ4n) is 4.89. The molecule has 232 valence electrons. The van der Waals surface area contributed by atoms with Crippen molar-refractivity contribution in [1.29, 1.82) is 0 Å². The van der Waals surface area contributed by atoms with Crippen molar-refractivity contribution in [1.82, 2.24) is 14.5 Å². The van der Waals surface area contributed by atoms with Crippen molar-refractivity contribution in [2.75, 3.05) is 13.1 Å². The van der Waals surface area contributed by atoms with Gasteiger partial charge < -0.3 is 15.3 Å². The molecule has 1 aliphatic rings. The molecule has 1 aliphatic heterocycles. The number of benzene rings is 3. The molecule has 0 radical (unpaired) electrons. The van der Waals surface area contributed by atoms with Crippen LogP contribution in [0.25, 0.3) is 0 Å². The van der Waals surface area contributed by atoms with Gasteiger partial charge in [-0.15, -0.1) is 0 Å². The van der Waals surface area contributed by atoms with Crippen molar-refractivity contribution in [2.24, 2.45) is 0 Å². The van der Waals surface area contributed by atoms with Crippen LogP contribution in [-0.2, 0) is 25.0 Å². The van der Waals surface area contributed by atoms with Crippen LogP contribution in [0.15, 0.2) is 77.7 Å². The molecule has 2 atom stereocenters. The van der Waals surface area contributed by atoms with Gasteiger partial charge in [0.1, 0.15) is 5.82 Å². The Labute approximate surface area is 253 Å². The zero-order valence-corrected chi connectivity index (χ0v) is 25.0. The lowest BCUT2D eigenvalue weighted by Crippen LogP contribution is -2.54. The van der Waals surface area contributed by atoms with Gasteiger partial charge in [0.15, 0.2) is 6.17 Å². The summed E-state index contributed by atoms with van der Waals surface area (Å²) in [5.41, 5.74) is 0.681. The molecule has 2 unspecified atom stereocenters. The molecule has 0 saturated carbocycles. The molecule has 14 heteroatoms. The summed E-state index contributed by atoms with van der Waals surface area (Å²) in [7, 11) is -4.46. The fourth-order valence-corrected chi connectivity index (χ4v) is 6.44. The Morgan fingerprint density at radius 1 is 1.05 bits per heavy atom. The highest BCUT2D eigenvalue weighted by atomic mass is 32.2. The second-order valence-corrected chi connectivity index (χ2v) is 13.2. The molecule has 2 N–H and O–H groups in total. The maximum absolute atomic E-state index is 13.9. The minimum atomic E-state index is -4.46. The Morgan fingerprint density at radius 3 is 2.25 bits per heavy atom. The number of rotatable bonds is 9. The quantitative estimate of drug-likeness (QED) is 0.267. The number of carbonyl (C=O) groups excluding carboxylic acids is 2. The van der Waals surface area contributed by atoms with Gasteiger partial charge in [-0.2, -0.15) is 4.31 Å². The van der Waals surface area contributed by atoms with Gasteiger partial charge in [0.05, 0.1) is 22.3 Å². The average Bonchev–Trinajstić information content (AvgIpc) is 3.42. The Bertz CT molecular complexity index is 1690. The maximum atomic E-state index is 13.9. The number of aliphatic carboxylic acids is 1. The molecule has 44 heavy (non-hydrogen) atoms. The third-order valence-electron chi connectivity index (χ3n) is 7.22. The van der Waals surface area contributed by atoms with Gasteiger partial charge >= 0.3 is 5.97 Å². The van der Waals surface area contributed by atoms with E-state index in [-0.39, 0.29) is 40.2 Å². The highest BCUT2D eigenvalue weighted by Crippen LogP contribution is 2.29. The predicted molar refractivity (Wildman–Crippen MR) is 156 cm³/mol. The van der Waals surface area contributed by atoms with Crippen molar-refractivity contribution in [3.63, 3.8) is 0 Å². The Hall–Kier alpha value is -4.69. The van der Waals surface area contributed by atoms with Gasteiger partial charge in [-0.25, -0.2) is 12.8 Å². The van der Waals surface area contributed by atoms with Crippen LogP contribution < -0.4 is 5.32 Å². The molecule has 0 aromatic heterocycles. The van der Waals surface area contributed by atoms with Gasteiger partial charge in [0.2, 0.25) is 10.0 Å². The van der Waals surface area contributed by atoms with E-state index < -0.39 is 57.2 Å². The summed E-state index contributed by atoms with van der Waals surface area (Å²) in [6, 6.07) is 14.3. The van der Waals surface area contributed by atoms with Crippen molar-refractivity contribution in [3.8, 4) is 0 Å². The smallest absolute Gasteiger partial charge is 0.305 e. The first-order chi connectivity index (χ1) is 20.6. The zero-order chi connectivity index (χ0) is 32.4. The number of carboxylic acids is 1. The summed E-state index contributed by atoms with van der Waals surface area (Å²) < 4.78 is 41.8. The lowest BCUT2D eigenvalue weighted by atomic mass is 9.86. The average molecular weight is 627 g/mol. The van der Waals surface area contributed by atoms with Crippen LogP contribution >= 0.6 is 0 Å². The number of hydrogen-bond acceptors (Lipinski definition) is 7. The summed E-state index contributed by atoms with van der Waals surface area (Å²) in [4.78, 5) is 50.7. The van der Waals surface area contributed by atoms with Crippen molar-refractivity contribution < 1.29 is 37.2 Å². The van der Waals surface area contributed by atoms with Gasteiger partial charge in [-0.3, -0.25) is 24.5 Å². The lowest BCUT2D eigenvalue weighted by molar-refractivity contribution is -0.384. The number of nitrogens with one attached hydrogen (secondary N) is 1. The molecule has 2 amide bonds. The third-order valence-corrected chi connectivity index (χ3v) is 9.09. The molecule has 4 rings (SSSR count). The highest BCUT2D eigenvalue weighted by molar-refractivity contribution is 7.89. The first-order valence-electron chi connectivity index (χ1n) is 13.5.